The molecule has 0 amide bonds. The number of hydrogen-bond acceptors (Lipinski definition) is 4. The molecule has 1 aromatic heterocycles. The number of hydrogen-bond donors (Lipinski definition) is 1. The van der Waals surface area contributed by atoms with Gasteiger partial charge in [0.15, 0.2) is 5.78 Å². The minimum Gasteiger partial charge on any atom is -0.326 e. The number of ketones is 1. The zero-order valence-corrected chi connectivity index (χ0v) is 12.0. The molecule has 0 bridgehead atoms. The van der Waals surface area contributed by atoms with Gasteiger partial charge in [-0.25, -0.2) is 9.37 Å². The molecule has 0 spiro atoms. The molecule has 0 aliphatic carbocycles. The molecule has 0 saturated carbocycles. The number of nitrogens with zero attached hydrogens (tertiary/aromatic N) is 1. The molecule has 1 N–H and O–H groups in total. The molecule has 0 fully saturated rings. The Hall–Kier alpha value is -1.79. The molecule has 0 aliphatic heterocycles. The van der Waals surface area contributed by atoms with Gasteiger partial charge in [0.2, 0.25) is 0 Å². The third kappa shape index (κ3) is 4.40. The van der Waals surface area contributed by atoms with Gasteiger partial charge >= 0.3 is 0 Å². The fourth-order valence-corrected chi connectivity index (χ4v) is 2.31. The van der Waals surface area contributed by atoms with Crippen LogP contribution in [-0.2, 0) is 0 Å². The highest BCUT2D eigenvalue weighted by molar-refractivity contribution is 8.23. The maximum atomic E-state index is 12.8. The van der Waals surface area contributed by atoms with Crippen molar-refractivity contribution < 1.29 is 9.18 Å². The molecular formula is C14H11FN2OS2. The van der Waals surface area contributed by atoms with Gasteiger partial charge in [-0.1, -0.05) is 30.0 Å². The van der Waals surface area contributed by atoms with Crippen LogP contribution in [0.1, 0.15) is 10.4 Å². The second-order valence-corrected chi connectivity index (χ2v) is 5.50. The van der Waals surface area contributed by atoms with Gasteiger partial charge in [0.05, 0.1) is 5.75 Å². The van der Waals surface area contributed by atoms with Crippen molar-refractivity contribution in [3.8, 4) is 0 Å². The Morgan fingerprint density at radius 1 is 1.25 bits per heavy atom. The molecule has 0 atom stereocenters. The molecule has 102 valence electrons. The standard InChI is InChI=1S/C14H11FN2OS2/c15-11-6-4-10(5-7-11)12(18)9-20-14(19)17-13-3-1-2-8-16-13/h1-8H,9H2,(H,16,17,19). The summed E-state index contributed by atoms with van der Waals surface area (Å²) in [7, 11) is 0. The largest absolute Gasteiger partial charge is 0.326 e. The van der Waals surface area contributed by atoms with Crippen LogP contribution < -0.4 is 5.32 Å². The van der Waals surface area contributed by atoms with Crippen LogP contribution >= 0.6 is 24.0 Å². The summed E-state index contributed by atoms with van der Waals surface area (Å²) >= 11 is 6.34. The third-order valence-corrected chi connectivity index (χ3v) is 3.62. The number of pyridine rings is 1. The SMILES string of the molecule is O=C(CSC(=S)Nc1ccccn1)c1ccc(F)cc1. The lowest BCUT2D eigenvalue weighted by atomic mass is 10.1. The number of nitrogens with one attached hydrogen (secondary N) is 1. The van der Waals surface area contributed by atoms with Crippen LogP contribution in [-0.4, -0.2) is 20.8 Å². The number of rotatable bonds is 4. The van der Waals surface area contributed by atoms with E-state index in [1.807, 2.05) is 6.07 Å². The molecule has 0 aliphatic rings. The number of thiocarbonyl (C=S) groups is 1. The lowest BCUT2D eigenvalue weighted by molar-refractivity contribution is 0.102. The van der Waals surface area contributed by atoms with Gasteiger partial charge in [-0.15, -0.1) is 0 Å². The molecule has 0 radical (unpaired) electrons. The highest BCUT2D eigenvalue weighted by Crippen LogP contribution is 2.12. The molecular weight excluding hydrogens is 295 g/mol. The summed E-state index contributed by atoms with van der Waals surface area (Å²) in [6.45, 7) is 0. The molecule has 20 heavy (non-hydrogen) atoms. The second kappa shape index (κ2) is 7.12. The van der Waals surface area contributed by atoms with Gasteiger partial charge in [0.1, 0.15) is 16.0 Å². The number of thioether (sulfide) groups is 1. The lowest BCUT2D eigenvalue weighted by Crippen LogP contribution is -2.10. The minimum atomic E-state index is -0.360. The van der Waals surface area contributed by atoms with Gasteiger partial charge in [-0.3, -0.25) is 4.79 Å². The molecule has 2 aromatic rings. The van der Waals surface area contributed by atoms with E-state index >= 15 is 0 Å². The van der Waals surface area contributed by atoms with E-state index in [1.54, 1.807) is 18.3 Å². The van der Waals surface area contributed by atoms with Crippen LogP contribution in [0.2, 0.25) is 0 Å². The topological polar surface area (TPSA) is 42.0 Å². The maximum Gasteiger partial charge on any atom is 0.173 e. The van der Waals surface area contributed by atoms with Crippen LogP contribution in [0.5, 0.6) is 0 Å². The number of carbonyl (C=O) groups excluding carboxylic acids is 1. The van der Waals surface area contributed by atoms with E-state index < -0.39 is 0 Å². The zero-order valence-electron chi connectivity index (χ0n) is 10.4. The summed E-state index contributed by atoms with van der Waals surface area (Å²) in [4.78, 5) is 15.9. The predicted molar refractivity (Wildman–Crippen MR) is 83.6 cm³/mol. The Balaban J connectivity index is 1.84. The second-order valence-electron chi connectivity index (χ2n) is 3.85. The predicted octanol–water partition coefficient (Wildman–Crippen LogP) is 3.53. The van der Waals surface area contributed by atoms with Crippen LogP contribution in [0.3, 0.4) is 0 Å². The Morgan fingerprint density at radius 3 is 2.65 bits per heavy atom. The maximum absolute atomic E-state index is 12.8. The molecule has 3 nitrogen and oxygen atoms in total. The molecule has 1 heterocycles. The van der Waals surface area contributed by atoms with E-state index in [4.69, 9.17) is 12.2 Å². The van der Waals surface area contributed by atoms with Crippen molar-refractivity contribution >= 4 is 39.9 Å². The Morgan fingerprint density at radius 2 is 2.00 bits per heavy atom. The zero-order chi connectivity index (χ0) is 14.4. The minimum absolute atomic E-state index is 0.0971. The number of halogens is 1. The smallest absolute Gasteiger partial charge is 0.173 e. The Bertz CT molecular complexity index is 602. The summed E-state index contributed by atoms with van der Waals surface area (Å²) in [6.07, 6.45) is 1.65. The van der Waals surface area contributed by atoms with Crippen molar-refractivity contribution in [1.82, 2.24) is 4.98 Å². The molecule has 0 saturated heterocycles. The summed E-state index contributed by atoms with van der Waals surface area (Å²) in [5.41, 5.74) is 0.472. The van der Waals surface area contributed by atoms with Crippen molar-refractivity contribution in [3.05, 3.63) is 60.0 Å². The first-order chi connectivity index (χ1) is 9.65. The molecule has 1 aromatic carbocycles. The van der Waals surface area contributed by atoms with E-state index in [1.165, 1.54) is 36.0 Å². The van der Waals surface area contributed by atoms with Crippen LogP contribution in [0.25, 0.3) is 0 Å². The molecule has 0 unspecified atom stereocenters. The van der Waals surface area contributed by atoms with E-state index in [0.717, 1.165) is 0 Å². The molecule has 6 heteroatoms. The van der Waals surface area contributed by atoms with Crippen LogP contribution in [0.15, 0.2) is 48.7 Å². The Labute approximate surface area is 125 Å². The first kappa shape index (κ1) is 14.6. The number of aromatic nitrogens is 1. The normalized spacial score (nSPS) is 10.1. The van der Waals surface area contributed by atoms with Crippen molar-refractivity contribution in [2.75, 3.05) is 11.1 Å². The number of anilines is 1. The Kier molecular flexibility index (Phi) is 5.20. The van der Waals surface area contributed by atoms with Crippen molar-refractivity contribution in [2.45, 2.75) is 0 Å². The van der Waals surface area contributed by atoms with Crippen molar-refractivity contribution in [1.29, 1.82) is 0 Å². The van der Waals surface area contributed by atoms with Crippen LogP contribution in [0.4, 0.5) is 10.2 Å². The first-order valence-electron chi connectivity index (χ1n) is 5.79. The molecule has 2 rings (SSSR count). The van der Waals surface area contributed by atoms with E-state index in [-0.39, 0.29) is 17.4 Å². The number of Topliss-reactive ketones (excluding diaryl/α,β-unsaturated/α-hetero) is 1. The highest BCUT2D eigenvalue weighted by atomic mass is 32.2. The van der Waals surface area contributed by atoms with Gasteiger partial charge in [-0.2, -0.15) is 0 Å². The summed E-state index contributed by atoms with van der Waals surface area (Å²) < 4.78 is 13.2. The quantitative estimate of drug-likeness (QED) is 0.691. The van der Waals surface area contributed by atoms with Crippen molar-refractivity contribution in [2.24, 2.45) is 0 Å². The number of benzene rings is 1. The summed E-state index contributed by atoms with van der Waals surface area (Å²) in [6, 6.07) is 10.9. The first-order valence-corrected chi connectivity index (χ1v) is 7.18. The fraction of sp³-hybridized carbons (Fsp3) is 0.0714. The highest BCUT2D eigenvalue weighted by Gasteiger charge is 2.08. The fourth-order valence-electron chi connectivity index (χ4n) is 1.43. The van der Waals surface area contributed by atoms with Crippen molar-refractivity contribution in [3.63, 3.8) is 0 Å². The van der Waals surface area contributed by atoms with Gasteiger partial charge in [0, 0.05) is 11.8 Å². The average molecular weight is 306 g/mol. The summed E-state index contributed by atoms with van der Waals surface area (Å²) in [5, 5.41) is 2.93. The van der Waals surface area contributed by atoms with Crippen LogP contribution in [0, 0.1) is 5.82 Å². The number of carbonyl (C=O) groups is 1. The lowest BCUT2D eigenvalue weighted by Gasteiger charge is -2.06. The van der Waals surface area contributed by atoms with E-state index in [0.29, 0.717) is 15.7 Å². The van der Waals surface area contributed by atoms with E-state index in [2.05, 4.69) is 10.3 Å². The van der Waals surface area contributed by atoms with Gasteiger partial charge in [0.25, 0.3) is 0 Å². The monoisotopic (exact) mass is 306 g/mol. The van der Waals surface area contributed by atoms with Gasteiger partial charge in [-0.05, 0) is 36.4 Å². The van der Waals surface area contributed by atoms with E-state index in [9.17, 15) is 9.18 Å². The summed E-state index contributed by atoms with van der Waals surface area (Å²) in [5.74, 6) is 0.380. The third-order valence-electron chi connectivity index (χ3n) is 2.40. The van der Waals surface area contributed by atoms with Gasteiger partial charge < -0.3 is 5.32 Å². The average Bonchev–Trinajstić information content (AvgIpc) is 2.46.